The number of aromatic nitrogens is 1. The Labute approximate surface area is 158 Å². The first-order chi connectivity index (χ1) is 12.9. The number of pyridine rings is 1. The van der Waals surface area contributed by atoms with Crippen LogP contribution in [-0.4, -0.2) is 63.0 Å². The smallest absolute Gasteiger partial charge is 0.322 e. The number of rotatable bonds is 4. The zero-order chi connectivity index (χ0) is 19.3. The van der Waals surface area contributed by atoms with Crippen LogP contribution in [0.25, 0.3) is 0 Å². The summed E-state index contributed by atoms with van der Waals surface area (Å²) in [6, 6.07) is 9.44. The van der Waals surface area contributed by atoms with Gasteiger partial charge in [-0.2, -0.15) is 0 Å². The number of sulfone groups is 1. The molecule has 3 rings (SSSR count). The molecule has 2 amide bonds. The molecule has 8 nitrogen and oxygen atoms in total. The molecule has 0 unspecified atom stereocenters. The van der Waals surface area contributed by atoms with Crippen molar-refractivity contribution >= 4 is 21.6 Å². The lowest BCUT2D eigenvalue weighted by Crippen LogP contribution is -2.42. The number of benzene rings is 1. The lowest BCUT2D eigenvalue weighted by atomic mass is 10.3. The molecule has 0 radical (unpaired) electrons. The molecular weight excluding hydrogens is 370 g/mol. The van der Waals surface area contributed by atoms with Crippen LogP contribution in [0, 0.1) is 0 Å². The van der Waals surface area contributed by atoms with Crippen molar-refractivity contribution in [1.82, 2.24) is 9.88 Å². The third-order valence-corrected chi connectivity index (χ3v) is 5.12. The second-order valence-corrected chi connectivity index (χ2v) is 8.19. The minimum Gasteiger partial charge on any atom is -0.486 e. The fraction of sp³-hybridized carbons (Fsp3) is 0.333. The Kier molecular flexibility index (Phi) is 5.92. The average Bonchev–Trinajstić information content (AvgIpc) is 2.88. The number of ether oxygens (including phenoxy) is 2. The van der Waals surface area contributed by atoms with Gasteiger partial charge in [0, 0.05) is 19.0 Å². The molecule has 1 aromatic heterocycles. The molecule has 1 aromatic carbocycles. The van der Waals surface area contributed by atoms with Crippen molar-refractivity contribution in [2.75, 3.05) is 37.9 Å². The summed E-state index contributed by atoms with van der Waals surface area (Å²) in [5.74, 6) is 0.519. The Balaban J connectivity index is 1.63. The summed E-state index contributed by atoms with van der Waals surface area (Å²) >= 11 is 0. The highest BCUT2D eigenvalue weighted by Crippen LogP contribution is 2.18. The number of carbonyl (C=O) groups is 1. The third kappa shape index (κ3) is 5.41. The molecule has 27 heavy (non-hydrogen) atoms. The van der Waals surface area contributed by atoms with E-state index in [1.807, 2.05) is 0 Å². The van der Waals surface area contributed by atoms with E-state index in [2.05, 4.69) is 10.3 Å². The van der Waals surface area contributed by atoms with Gasteiger partial charge < -0.3 is 19.7 Å². The van der Waals surface area contributed by atoms with Gasteiger partial charge in [-0.15, -0.1) is 0 Å². The fourth-order valence-electron chi connectivity index (χ4n) is 2.63. The minimum absolute atomic E-state index is 0.226. The van der Waals surface area contributed by atoms with Crippen LogP contribution in [0.2, 0.25) is 0 Å². The summed E-state index contributed by atoms with van der Waals surface area (Å²) in [7, 11) is -3.25. The van der Waals surface area contributed by atoms with Gasteiger partial charge in [0.05, 0.1) is 36.5 Å². The summed E-state index contributed by atoms with van der Waals surface area (Å²) in [6.45, 7) is 1.54. The molecule has 1 saturated heterocycles. The van der Waals surface area contributed by atoms with Gasteiger partial charge in [0.15, 0.2) is 9.84 Å². The van der Waals surface area contributed by atoms with Crippen LogP contribution in [0.15, 0.2) is 53.7 Å². The van der Waals surface area contributed by atoms with E-state index >= 15 is 0 Å². The topological polar surface area (TPSA) is 97.8 Å². The van der Waals surface area contributed by atoms with Crippen molar-refractivity contribution in [1.29, 1.82) is 0 Å². The summed E-state index contributed by atoms with van der Waals surface area (Å²) in [5.41, 5.74) is 0.612. The molecule has 1 aliphatic heterocycles. The zero-order valence-electron chi connectivity index (χ0n) is 14.9. The predicted octanol–water partition coefficient (Wildman–Crippen LogP) is 1.80. The van der Waals surface area contributed by atoms with Crippen molar-refractivity contribution in [2.24, 2.45) is 0 Å². The second kappa shape index (κ2) is 8.36. The van der Waals surface area contributed by atoms with Gasteiger partial charge in [-0.3, -0.25) is 4.98 Å². The predicted molar refractivity (Wildman–Crippen MR) is 99.6 cm³/mol. The molecule has 144 valence electrons. The van der Waals surface area contributed by atoms with Gasteiger partial charge in [0.25, 0.3) is 0 Å². The summed E-state index contributed by atoms with van der Waals surface area (Å²) in [4.78, 5) is 18.3. The molecule has 0 bridgehead atoms. The Morgan fingerprint density at radius 2 is 2.07 bits per heavy atom. The number of urea groups is 1. The highest BCUT2D eigenvalue weighted by Gasteiger charge is 2.24. The highest BCUT2D eigenvalue weighted by atomic mass is 32.2. The van der Waals surface area contributed by atoms with Crippen LogP contribution in [0.5, 0.6) is 5.75 Å². The van der Waals surface area contributed by atoms with Crippen LogP contribution in [0.4, 0.5) is 10.5 Å². The van der Waals surface area contributed by atoms with Gasteiger partial charge in [-0.25, -0.2) is 13.2 Å². The van der Waals surface area contributed by atoms with Crippen LogP contribution < -0.4 is 10.1 Å². The van der Waals surface area contributed by atoms with E-state index in [9.17, 15) is 13.2 Å². The number of hydrogen-bond acceptors (Lipinski definition) is 6. The first kappa shape index (κ1) is 19.1. The molecule has 2 aromatic rings. The Hall–Kier alpha value is -2.65. The second-order valence-electron chi connectivity index (χ2n) is 6.18. The van der Waals surface area contributed by atoms with E-state index < -0.39 is 9.84 Å². The Morgan fingerprint density at radius 1 is 1.30 bits per heavy atom. The van der Waals surface area contributed by atoms with E-state index in [1.54, 1.807) is 41.6 Å². The molecule has 0 aliphatic carbocycles. The van der Waals surface area contributed by atoms with Crippen LogP contribution >= 0.6 is 0 Å². The maximum atomic E-state index is 12.5. The number of anilines is 1. The molecule has 1 fully saturated rings. The number of hydrogen-bond donors (Lipinski definition) is 1. The molecule has 1 aliphatic rings. The highest BCUT2D eigenvalue weighted by molar-refractivity contribution is 7.90. The lowest BCUT2D eigenvalue weighted by molar-refractivity contribution is 0.0718. The first-order valence-corrected chi connectivity index (χ1v) is 10.3. The fourth-order valence-corrected chi connectivity index (χ4v) is 3.26. The summed E-state index contributed by atoms with van der Waals surface area (Å²) in [5, 5.41) is 2.79. The molecule has 1 N–H and O–H groups in total. The minimum atomic E-state index is -3.25. The number of carbonyl (C=O) groups excluding carboxylic acids is 1. The Morgan fingerprint density at radius 3 is 2.74 bits per heavy atom. The van der Waals surface area contributed by atoms with Crippen molar-refractivity contribution in [3.8, 4) is 5.75 Å². The Bertz CT molecular complexity index is 872. The third-order valence-electron chi connectivity index (χ3n) is 3.99. The van der Waals surface area contributed by atoms with Gasteiger partial charge in [-0.05, 0) is 36.4 Å². The molecule has 0 spiro atoms. The normalized spacial score (nSPS) is 17.8. The largest absolute Gasteiger partial charge is 0.486 e. The van der Waals surface area contributed by atoms with Gasteiger partial charge in [0.2, 0.25) is 0 Å². The standard InChI is InChI=1S/C18H21N3O5S/c1-27(23,24)17-6-4-15(5-7-17)26-16-12-21(9-10-25-13-16)18(22)20-14-3-2-8-19-11-14/h2-8,11,16H,9-10,12-13H2,1H3,(H,20,22)/t16-/m1/s1. The monoisotopic (exact) mass is 391 g/mol. The van der Waals surface area contributed by atoms with E-state index in [-0.39, 0.29) is 17.0 Å². The van der Waals surface area contributed by atoms with E-state index in [4.69, 9.17) is 9.47 Å². The van der Waals surface area contributed by atoms with E-state index in [1.165, 1.54) is 12.1 Å². The summed E-state index contributed by atoms with van der Waals surface area (Å²) in [6.07, 6.45) is 4.00. The molecule has 2 heterocycles. The summed E-state index contributed by atoms with van der Waals surface area (Å²) < 4.78 is 34.5. The maximum absolute atomic E-state index is 12.5. The average molecular weight is 391 g/mol. The molecule has 9 heteroatoms. The molecule has 0 saturated carbocycles. The van der Waals surface area contributed by atoms with Crippen molar-refractivity contribution in [2.45, 2.75) is 11.0 Å². The van der Waals surface area contributed by atoms with Crippen molar-refractivity contribution in [3.05, 3.63) is 48.8 Å². The molecular formula is C18H21N3O5S. The number of nitrogens with one attached hydrogen (secondary N) is 1. The van der Waals surface area contributed by atoms with Gasteiger partial charge in [0.1, 0.15) is 11.9 Å². The first-order valence-electron chi connectivity index (χ1n) is 8.42. The van der Waals surface area contributed by atoms with Crippen molar-refractivity contribution < 1.29 is 22.7 Å². The van der Waals surface area contributed by atoms with Crippen LogP contribution in [-0.2, 0) is 14.6 Å². The number of nitrogens with zero attached hydrogens (tertiary/aromatic N) is 2. The van der Waals surface area contributed by atoms with E-state index in [0.717, 1.165) is 6.26 Å². The maximum Gasteiger partial charge on any atom is 0.322 e. The lowest BCUT2D eigenvalue weighted by Gasteiger charge is -2.24. The SMILES string of the molecule is CS(=O)(=O)c1ccc(O[C@H]2COCCN(C(=O)Nc3cccnc3)C2)cc1. The van der Waals surface area contributed by atoms with Crippen molar-refractivity contribution in [3.63, 3.8) is 0 Å². The van der Waals surface area contributed by atoms with E-state index in [0.29, 0.717) is 37.7 Å². The van der Waals surface area contributed by atoms with Gasteiger partial charge >= 0.3 is 6.03 Å². The van der Waals surface area contributed by atoms with Crippen LogP contribution in [0.1, 0.15) is 0 Å². The zero-order valence-corrected chi connectivity index (χ0v) is 15.7. The number of amides is 2. The van der Waals surface area contributed by atoms with Crippen LogP contribution in [0.3, 0.4) is 0 Å². The quantitative estimate of drug-likeness (QED) is 0.853. The van der Waals surface area contributed by atoms with Gasteiger partial charge in [-0.1, -0.05) is 0 Å². The molecule has 1 atom stereocenters.